The molecule has 2 aromatic rings. The van der Waals surface area contributed by atoms with Gasteiger partial charge in [0.15, 0.2) is 5.75 Å². The van der Waals surface area contributed by atoms with Gasteiger partial charge < -0.3 is 15.4 Å². The lowest BCUT2D eigenvalue weighted by Gasteiger charge is -2.12. The maximum absolute atomic E-state index is 12.1. The number of aryl methyl sites for hydroxylation is 2. The van der Waals surface area contributed by atoms with Crippen LogP contribution in [0.1, 0.15) is 11.1 Å². The van der Waals surface area contributed by atoms with E-state index in [2.05, 4.69) is 26.6 Å². The van der Waals surface area contributed by atoms with Crippen LogP contribution >= 0.6 is 15.9 Å². The average Bonchev–Trinajstić information content (AvgIpc) is 2.56. The first kappa shape index (κ1) is 18.7. The highest BCUT2D eigenvalue weighted by molar-refractivity contribution is 9.10. The standard InChI is InChI=1S/C17H18BrN3O4/c1-10-6-12(4-5-13(10)18)20-17(22)9-19-14-8-16(25-3)15(21(23)24)7-11(14)2/h4-8,19H,9H2,1-3H3,(H,20,22). The van der Waals surface area contributed by atoms with Gasteiger partial charge in [0.25, 0.3) is 0 Å². The maximum Gasteiger partial charge on any atom is 0.311 e. The summed E-state index contributed by atoms with van der Waals surface area (Å²) < 4.78 is 6.01. The number of carbonyl (C=O) groups is 1. The lowest BCUT2D eigenvalue weighted by molar-refractivity contribution is -0.385. The Bertz CT molecular complexity index is 824. The van der Waals surface area contributed by atoms with E-state index in [1.807, 2.05) is 19.1 Å². The van der Waals surface area contributed by atoms with Gasteiger partial charge >= 0.3 is 5.69 Å². The van der Waals surface area contributed by atoms with Crippen molar-refractivity contribution in [2.45, 2.75) is 13.8 Å². The summed E-state index contributed by atoms with van der Waals surface area (Å²) in [4.78, 5) is 22.6. The number of carbonyl (C=O) groups excluding carboxylic acids is 1. The van der Waals surface area contributed by atoms with Crippen molar-refractivity contribution in [1.82, 2.24) is 0 Å². The fourth-order valence-corrected chi connectivity index (χ4v) is 2.52. The molecule has 0 heterocycles. The molecule has 0 fully saturated rings. The zero-order valence-corrected chi connectivity index (χ0v) is 15.6. The monoisotopic (exact) mass is 407 g/mol. The SMILES string of the molecule is COc1cc(NCC(=O)Nc2ccc(Br)c(C)c2)c(C)cc1[N+](=O)[O-]. The second-order valence-corrected chi connectivity index (χ2v) is 6.32. The van der Waals surface area contributed by atoms with Crippen molar-refractivity contribution in [2.24, 2.45) is 0 Å². The number of hydrogen-bond donors (Lipinski definition) is 2. The summed E-state index contributed by atoms with van der Waals surface area (Å²) >= 11 is 3.41. The molecule has 0 radical (unpaired) electrons. The molecule has 0 aliphatic carbocycles. The fourth-order valence-electron chi connectivity index (χ4n) is 2.27. The van der Waals surface area contributed by atoms with Gasteiger partial charge in [-0.15, -0.1) is 0 Å². The van der Waals surface area contributed by atoms with Gasteiger partial charge in [-0.2, -0.15) is 0 Å². The highest BCUT2D eigenvalue weighted by Gasteiger charge is 2.17. The molecule has 2 aromatic carbocycles. The zero-order chi connectivity index (χ0) is 18.6. The molecule has 0 unspecified atom stereocenters. The van der Waals surface area contributed by atoms with Gasteiger partial charge in [0.1, 0.15) is 0 Å². The molecule has 0 spiro atoms. The second-order valence-electron chi connectivity index (χ2n) is 5.46. The molecule has 7 nitrogen and oxygen atoms in total. The number of halogens is 1. The number of nitrogens with one attached hydrogen (secondary N) is 2. The number of nitro groups is 1. The van der Waals surface area contributed by atoms with Crippen LogP contribution < -0.4 is 15.4 Å². The van der Waals surface area contributed by atoms with Gasteiger partial charge in [-0.05, 0) is 43.2 Å². The molecule has 0 aromatic heterocycles. The molecular formula is C17H18BrN3O4. The van der Waals surface area contributed by atoms with Crippen molar-refractivity contribution < 1.29 is 14.5 Å². The third kappa shape index (κ3) is 4.69. The van der Waals surface area contributed by atoms with Crippen molar-refractivity contribution >= 4 is 38.9 Å². The van der Waals surface area contributed by atoms with Crippen molar-refractivity contribution in [1.29, 1.82) is 0 Å². The molecule has 132 valence electrons. The lowest BCUT2D eigenvalue weighted by atomic mass is 10.1. The van der Waals surface area contributed by atoms with Crippen molar-refractivity contribution in [3.63, 3.8) is 0 Å². The molecule has 0 saturated heterocycles. The Balaban J connectivity index is 2.06. The minimum Gasteiger partial charge on any atom is -0.490 e. The Hall–Kier alpha value is -2.61. The first-order valence-corrected chi connectivity index (χ1v) is 8.24. The molecule has 0 aliphatic rings. The number of anilines is 2. The highest BCUT2D eigenvalue weighted by atomic mass is 79.9. The number of rotatable bonds is 6. The number of amides is 1. The van der Waals surface area contributed by atoms with Gasteiger partial charge in [-0.1, -0.05) is 15.9 Å². The molecular weight excluding hydrogens is 390 g/mol. The number of nitrogens with zero attached hydrogens (tertiary/aromatic N) is 1. The molecule has 8 heteroatoms. The number of methoxy groups -OCH3 is 1. The first-order valence-electron chi connectivity index (χ1n) is 7.44. The van der Waals surface area contributed by atoms with Gasteiger partial charge in [0.05, 0.1) is 18.6 Å². The summed E-state index contributed by atoms with van der Waals surface area (Å²) in [5.41, 5.74) is 2.86. The van der Waals surface area contributed by atoms with Crippen LogP contribution in [-0.4, -0.2) is 24.5 Å². The summed E-state index contributed by atoms with van der Waals surface area (Å²) in [5, 5.41) is 16.8. The predicted octanol–water partition coefficient (Wildman–Crippen LogP) is 4.03. The van der Waals surface area contributed by atoms with E-state index in [4.69, 9.17) is 4.74 Å². The molecule has 1 amide bonds. The van der Waals surface area contributed by atoms with Gasteiger partial charge in [-0.3, -0.25) is 14.9 Å². The van der Waals surface area contributed by atoms with Crippen LogP contribution in [0.15, 0.2) is 34.8 Å². The molecule has 0 saturated carbocycles. The Morgan fingerprint density at radius 2 is 1.96 bits per heavy atom. The minimum absolute atomic E-state index is 0.0247. The topological polar surface area (TPSA) is 93.5 Å². The van der Waals surface area contributed by atoms with Crippen molar-refractivity contribution in [3.8, 4) is 5.75 Å². The van der Waals surface area contributed by atoms with Crippen LogP contribution in [0.3, 0.4) is 0 Å². The largest absolute Gasteiger partial charge is 0.490 e. The zero-order valence-electron chi connectivity index (χ0n) is 14.1. The number of ether oxygens (including phenoxy) is 1. The maximum atomic E-state index is 12.1. The molecule has 0 aliphatic heterocycles. The molecule has 2 N–H and O–H groups in total. The summed E-state index contributed by atoms with van der Waals surface area (Å²) in [6.45, 7) is 3.69. The van der Waals surface area contributed by atoms with Gasteiger partial charge in [0.2, 0.25) is 5.91 Å². The molecule has 2 rings (SSSR count). The van der Waals surface area contributed by atoms with E-state index in [0.717, 1.165) is 10.0 Å². The number of nitro benzene ring substituents is 1. The molecule has 0 bridgehead atoms. The summed E-state index contributed by atoms with van der Waals surface area (Å²) in [5.74, 6) is -0.0829. The smallest absolute Gasteiger partial charge is 0.311 e. The van der Waals surface area contributed by atoms with E-state index in [-0.39, 0.29) is 23.9 Å². The van der Waals surface area contributed by atoms with E-state index < -0.39 is 4.92 Å². The third-order valence-electron chi connectivity index (χ3n) is 3.60. The average molecular weight is 408 g/mol. The second kappa shape index (κ2) is 7.98. The van der Waals surface area contributed by atoms with Crippen LogP contribution in [0, 0.1) is 24.0 Å². The van der Waals surface area contributed by atoms with E-state index in [0.29, 0.717) is 16.9 Å². The van der Waals surface area contributed by atoms with Gasteiger partial charge in [0, 0.05) is 28.0 Å². The number of hydrogen-bond acceptors (Lipinski definition) is 5. The predicted molar refractivity (Wildman–Crippen MR) is 100 cm³/mol. The van der Waals surface area contributed by atoms with Crippen LogP contribution in [-0.2, 0) is 4.79 Å². The summed E-state index contributed by atoms with van der Waals surface area (Å²) in [7, 11) is 1.37. The quantitative estimate of drug-likeness (QED) is 0.556. The highest BCUT2D eigenvalue weighted by Crippen LogP contribution is 2.32. The van der Waals surface area contributed by atoms with E-state index in [9.17, 15) is 14.9 Å². The normalized spacial score (nSPS) is 10.2. The van der Waals surface area contributed by atoms with E-state index >= 15 is 0 Å². The summed E-state index contributed by atoms with van der Waals surface area (Å²) in [6.07, 6.45) is 0. The lowest BCUT2D eigenvalue weighted by Crippen LogP contribution is -2.22. The Labute approximate surface area is 153 Å². The Morgan fingerprint density at radius 3 is 2.56 bits per heavy atom. The van der Waals surface area contributed by atoms with Crippen LogP contribution in [0.5, 0.6) is 5.75 Å². The molecule has 0 atom stereocenters. The van der Waals surface area contributed by atoms with E-state index in [1.165, 1.54) is 19.2 Å². The van der Waals surface area contributed by atoms with E-state index in [1.54, 1.807) is 13.0 Å². The Kier molecular flexibility index (Phi) is 5.97. The van der Waals surface area contributed by atoms with Crippen molar-refractivity contribution in [3.05, 3.63) is 56.0 Å². The van der Waals surface area contributed by atoms with Crippen LogP contribution in [0.25, 0.3) is 0 Å². The number of benzene rings is 2. The van der Waals surface area contributed by atoms with Crippen LogP contribution in [0.4, 0.5) is 17.1 Å². The fraction of sp³-hybridized carbons (Fsp3) is 0.235. The Morgan fingerprint density at radius 1 is 1.24 bits per heavy atom. The minimum atomic E-state index is -0.502. The van der Waals surface area contributed by atoms with Gasteiger partial charge in [-0.25, -0.2) is 0 Å². The third-order valence-corrected chi connectivity index (χ3v) is 4.49. The van der Waals surface area contributed by atoms with Crippen LogP contribution in [0.2, 0.25) is 0 Å². The van der Waals surface area contributed by atoms with Crippen molar-refractivity contribution in [2.75, 3.05) is 24.3 Å². The first-order chi connectivity index (χ1) is 11.8. The summed E-state index contributed by atoms with van der Waals surface area (Å²) in [6, 6.07) is 8.46. The molecule has 25 heavy (non-hydrogen) atoms.